The van der Waals surface area contributed by atoms with E-state index in [1.54, 1.807) is 0 Å². The minimum absolute atomic E-state index is 0.0826. The Bertz CT molecular complexity index is 510. The summed E-state index contributed by atoms with van der Waals surface area (Å²) in [5, 5.41) is 3.97. The second-order valence-electron chi connectivity index (χ2n) is 6.35. The maximum Gasteiger partial charge on any atom is 0.188 e. The molecule has 1 heterocycles. The van der Waals surface area contributed by atoms with Crippen LogP contribution in [0.5, 0.6) is 0 Å². The van der Waals surface area contributed by atoms with Gasteiger partial charge in [0.25, 0.3) is 0 Å². The number of benzene rings is 1. The van der Waals surface area contributed by atoms with E-state index in [2.05, 4.69) is 30.2 Å². The molecule has 1 aliphatic rings. The van der Waals surface area contributed by atoms with Crippen molar-refractivity contribution in [2.45, 2.75) is 32.1 Å². The van der Waals surface area contributed by atoms with Crippen LogP contribution in [0, 0.1) is 5.92 Å². The molecule has 22 heavy (non-hydrogen) atoms. The number of nitrogens with two attached hydrogens (primary N) is 1. The molecule has 1 aromatic carbocycles. The maximum absolute atomic E-state index is 6.43. The summed E-state index contributed by atoms with van der Waals surface area (Å²) in [4.78, 5) is 4.58. The fourth-order valence-corrected chi connectivity index (χ4v) is 3.10. The van der Waals surface area contributed by atoms with Crippen LogP contribution in [-0.4, -0.2) is 32.3 Å². The van der Waals surface area contributed by atoms with Crippen LogP contribution < -0.4 is 11.1 Å². The first-order chi connectivity index (χ1) is 10.5. The second kappa shape index (κ2) is 7.84. The second-order valence-corrected chi connectivity index (χ2v) is 6.76. The SMILES string of the molecule is CC(C)CNC(N)=NCC1(c2ccccc2Cl)CCOCC1. The summed E-state index contributed by atoms with van der Waals surface area (Å²) < 4.78 is 5.53. The Balaban J connectivity index is 2.16. The lowest BCUT2D eigenvalue weighted by Gasteiger charge is -2.37. The number of nitrogens with zero attached hydrogens (tertiary/aromatic N) is 1. The van der Waals surface area contributed by atoms with Crippen LogP contribution in [0.1, 0.15) is 32.3 Å². The first-order valence-electron chi connectivity index (χ1n) is 7.90. The molecular formula is C17H26ClN3O. The lowest BCUT2D eigenvalue weighted by Crippen LogP contribution is -2.40. The van der Waals surface area contributed by atoms with E-state index in [-0.39, 0.29) is 5.41 Å². The third-order valence-electron chi connectivity index (χ3n) is 4.14. The molecule has 0 bridgehead atoms. The smallest absolute Gasteiger partial charge is 0.188 e. The molecule has 1 fully saturated rings. The predicted molar refractivity (Wildman–Crippen MR) is 92.5 cm³/mol. The van der Waals surface area contributed by atoms with E-state index in [1.165, 1.54) is 0 Å². The van der Waals surface area contributed by atoms with E-state index in [9.17, 15) is 0 Å². The van der Waals surface area contributed by atoms with E-state index >= 15 is 0 Å². The molecule has 1 aromatic rings. The standard InChI is InChI=1S/C17H26ClN3O/c1-13(2)11-20-16(19)21-12-17(7-9-22-10-8-17)14-5-3-4-6-15(14)18/h3-6,13H,7-12H2,1-2H3,(H3,19,20,21). The Kier molecular flexibility index (Phi) is 6.09. The molecule has 1 aliphatic heterocycles. The zero-order valence-corrected chi connectivity index (χ0v) is 14.2. The largest absolute Gasteiger partial charge is 0.381 e. The average Bonchev–Trinajstić information content (AvgIpc) is 2.52. The summed E-state index contributed by atoms with van der Waals surface area (Å²) in [6.07, 6.45) is 1.83. The number of ether oxygens (including phenoxy) is 1. The summed E-state index contributed by atoms with van der Waals surface area (Å²) in [5.41, 5.74) is 7.06. The molecule has 0 radical (unpaired) electrons. The highest BCUT2D eigenvalue weighted by Gasteiger charge is 2.35. The minimum atomic E-state index is -0.0826. The fraction of sp³-hybridized carbons (Fsp3) is 0.588. The number of hydrogen-bond acceptors (Lipinski definition) is 2. The van der Waals surface area contributed by atoms with Gasteiger partial charge in [-0.05, 0) is 30.4 Å². The van der Waals surface area contributed by atoms with E-state index in [1.807, 2.05) is 18.2 Å². The van der Waals surface area contributed by atoms with Gasteiger partial charge in [0, 0.05) is 30.2 Å². The Morgan fingerprint density at radius 1 is 1.36 bits per heavy atom. The number of rotatable bonds is 5. The molecule has 0 atom stereocenters. The van der Waals surface area contributed by atoms with Crippen molar-refractivity contribution < 1.29 is 4.74 Å². The van der Waals surface area contributed by atoms with E-state index in [0.717, 1.165) is 43.2 Å². The van der Waals surface area contributed by atoms with Gasteiger partial charge < -0.3 is 15.8 Å². The molecule has 3 N–H and O–H groups in total. The van der Waals surface area contributed by atoms with E-state index in [0.29, 0.717) is 18.4 Å². The number of nitrogens with one attached hydrogen (secondary N) is 1. The molecule has 122 valence electrons. The van der Waals surface area contributed by atoms with E-state index in [4.69, 9.17) is 22.1 Å². The van der Waals surface area contributed by atoms with Crippen molar-refractivity contribution in [3.05, 3.63) is 34.9 Å². The summed E-state index contributed by atoms with van der Waals surface area (Å²) in [7, 11) is 0. The number of halogens is 1. The van der Waals surface area contributed by atoms with Crippen molar-refractivity contribution in [1.29, 1.82) is 0 Å². The van der Waals surface area contributed by atoms with Crippen LogP contribution >= 0.6 is 11.6 Å². The Morgan fingerprint density at radius 3 is 2.68 bits per heavy atom. The molecule has 0 spiro atoms. The average molecular weight is 324 g/mol. The van der Waals surface area contributed by atoms with Crippen molar-refractivity contribution in [3.8, 4) is 0 Å². The Labute approximate surface area is 138 Å². The number of aliphatic imine (C=N–C) groups is 1. The van der Waals surface area contributed by atoms with Gasteiger partial charge in [-0.1, -0.05) is 43.6 Å². The molecular weight excluding hydrogens is 298 g/mol. The highest BCUT2D eigenvalue weighted by atomic mass is 35.5. The zero-order chi connectivity index (χ0) is 16.0. The normalized spacial score (nSPS) is 18.5. The maximum atomic E-state index is 6.43. The van der Waals surface area contributed by atoms with Crippen molar-refractivity contribution >= 4 is 17.6 Å². The van der Waals surface area contributed by atoms with Gasteiger partial charge in [-0.3, -0.25) is 4.99 Å². The van der Waals surface area contributed by atoms with Gasteiger partial charge in [0.15, 0.2) is 5.96 Å². The monoisotopic (exact) mass is 323 g/mol. The Morgan fingerprint density at radius 2 is 2.05 bits per heavy atom. The molecule has 2 rings (SSSR count). The van der Waals surface area contributed by atoms with Crippen molar-refractivity contribution in [2.24, 2.45) is 16.6 Å². The van der Waals surface area contributed by atoms with Gasteiger partial charge in [-0.15, -0.1) is 0 Å². The third-order valence-corrected chi connectivity index (χ3v) is 4.47. The molecule has 4 nitrogen and oxygen atoms in total. The highest BCUT2D eigenvalue weighted by Crippen LogP contribution is 2.38. The lowest BCUT2D eigenvalue weighted by molar-refractivity contribution is 0.0531. The minimum Gasteiger partial charge on any atom is -0.381 e. The fourth-order valence-electron chi connectivity index (χ4n) is 2.77. The van der Waals surface area contributed by atoms with Crippen molar-refractivity contribution in [3.63, 3.8) is 0 Å². The molecule has 0 aliphatic carbocycles. The molecule has 1 saturated heterocycles. The number of guanidine groups is 1. The van der Waals surface area contributed by atoms with Gasteiger partial charge in [0.05, 0.1) is 6.54 Å². The van der Waals surface area contributed by atoms with E-state index < -0.39 is 0 Å². The Hall–Kier alpha value is -1.26. The van der Waals surface area contributed by atoms with Crippen LogP contribution in [0.25, 0.3) is 0 Å². The van der Waals surface area contributed by atoms with Crippen LogP contribution in [0.3, 0.4) is 0 Å². The van der Waals surface area contributed by atoms with Gasteiger partial charge in [0.2, 0.25) is 0 Å². The summed E-state index contributed by atoms with van der Waals surface area (Å²) in [6.45, 7) is 7.22. The highest BCUT2D eigenvalue weighted by molar-refractivity contribution is 6.31. The first kappa shape index (κ1) is 17.1. The molecule has 0 saturated carbocycles. The van der Waals surface area contributed by atoms with Crippen LogP contribution in [0.4, 0.5) is 0 Å². The predicted octanol–water partition coefficient (Wildman–Crippen LogP) is 2.95. The lowest BCUT2D eigenvalue weighted by atomic mass is 9.74. The van der Waals surface area contributed by atoms with Crippen LogP contribution in [-0.2, 0) is 10.2 Å². The quantitative estimate of drug-likeness (QED) is 0.647. The van der Waals surface area contributed by atoms with Gasteiger partial charge in [-0.2, -0.15) is 0 Å². The summed E-state index contributed by atoms with van der Waals surface area (Å²) in [6, 6.07) is 8.03. The number of hydrogen-bond donors (Lipinski definition) is 2. The first-order valence-corrected chi connectivity index (χ1v) is 8.28. The topological polar surface area (TPSA) is 59.6 Å². The van der Waals surface area contributed by atoms with Crippen molar-refractivity contribution in [2.75, 3.05) is 26.3 Å². The molecule has 0 unspecified atom stereocenters. The third kappa shape index (κ3) is 4.37. The van der Waals surface area contributed by atoms with Gasteiger partial charge in [-0.25, -0.2) is 0 Å². The van der Waals surface area contributed by atoms with Crippen LogP contribution in [0.2, 0.25) is 5.02 Å². The van der Waals surface area contributed by atoms with Gasteiger partial charge in [0.1, 0.15) is 0 Å². The summed E-state index contributed by atoms with van der Waals surface area (Å²) in [5.74, 6) is 1.04. The molecule has 5 heteroatoms. The van der Waals surface area contributed by atoms with Crippen molar-refractivity contribution in [1.82, 2.24) is 5.32 Å². The van der Waals surface area contributed by atoms with Gasteiger partial charge >= 0.3 is 0 Å². The summed E-state index contributed by atoms with van der Waals surface area (Å²) >= 11 is 6.43. The molecule has 0 aromatic heterocycles. The molecule has 0 amide bonds. The zero-order valence-electron chi connectivity index (χ0n) is 13.4. The van der Waals surface area contributed by atoms with Crippen LogP contribution in [0.15, 0.2) is 29.3 Å².